The second kappa shape index (κ2) is 4.22. The van der Waals surface area contributed by atoms with Crippen LogP contribution in [0.3, 0.4) is 0 Å². The Hall–Kier alpha value is -1.81. The molecule has 0 saturated carbocycles. The molecule has 1 aliphatic rings. The van der Waals surface area contributed by atoms with Crippen LogP contribution in [0.15, 0.2) is 30.5 Å². The number of nitrogens with zero attached hydrogens (tertiary/aromatic N) is 1. The van der Waals surface area contributed by atoms with Crippen LogP contribution in [0.25, 0.3) is 0 Å². The monoisotopic (exact) mass is 229 g/mol. The van der Waals surface area contributed by atoms with Crippen molar-refractivity contribution in [2.45, 2.75) is 12.5 Å². The number of imidazole rings is 1. The first-order valence-electron chi connectivity index (χ1n) is 5.78. The van der Waals surface area contributed by atoms with Gasteiger partial charge in [0.05, 0.1) is 5.92 Å². The molecule has 0 radical (unpaired) electrons. The van der Waals surface area contributed by atoms with Gasteiger partial charge < -0.3 is 15.0 Å². The molecule has 0 spiro atoms. The Morgan fingerprint density at radius 1 is 1.47 bits per heavy atom. The molecule has 17 heavy (non-hydrogen) atoms. The number of ether oxygens (including phenoxy) is 1. The summed E-state index contributed by atoms with van der Waals surface area (Å²) >= 11 is 0. The number of para-hydroxylation sites is 1. The van der Waals surface area contributed by atoms with E-state index in [0.717, 1.165) is 23.8 Å². The number of aromatic nitrogens is 2. The highest BCUT2D eigenvalue weighted by Gasteiger charge is 2.27. The first-order valence-corrected chi connectivity index (χ1v) is 5.78. The van der Waals surface area contributed by atoms with E-state index in [2.05, 4.69) is 21.4 Å². The number of fused-ring (bicyclic) bond motifs is 1. The SMILES string of the molecule is CNCc1cnc(C2COc3ccccc32)[nH]1. The predicted molar refractivity (Wildman–Crippen MR) is 65.1 cm³/mol. The molecule has 4 nitrogen and oxygen atoms in total. The van der Waals surface area contributed by atoms with E-state index in [1.807, 2.05) is 31.4 Å². The van der Waals surface area contributed by atoms with Crippen molar-refractivity contribution in [1.82, 2.24) is 15.3 Å². The van der Waals surface area contributed by atoms with Crippen molar-refractivity contribution in [2.75, 3.05) is 13.7 Å². The van der Waals surface area contributed by atoms with Crippen LogP contribution in [0.4, 0.5) is 0 Å². The summed E-state index contributed by atoms with van der Waals surface area (Å²) in [6.07, 6.45) is 1.88. The fourth-order valence-corrected chi connectivity index (χ4v) is 2.22. The second-order valence-corrected chi connectivity index (χ2v) is 4.23. The van der Waals surface area contributed by atoms with Crippen LogP contribution >= 0.6 is 0 Å². The number of aromatic amines is 1. The first kappa shape index (κ1) is 10.4. The molecule has 2 heterocycles. The average Bonchev–Trinajstić information content (AvgIpc) is 2.95. The van der Waals surface area contributed by atoms with Gasteiger partial charge in [-0.05, 0) is 13.1 Å². The molecule has 88 valence electrons. The number of H-pyrrole nitrogens is 1. The summed E-state index contributed by atoms with van der Waals surface area (Å²) in [7, 11) is 1.93. The van der Waals surface area contributed by atoms with Crippen molar-refractivity contribution in [3.63, 3.8) is 0 Å². The van der Waals surface area contributed by atoms with E-state index in [9.17, 15) is 0 Å². The lowest BCUT2D eigenvalue weighted by Gasteiger charge is -2.04. The number of hydrogen-bond acceptors (Lipinski definition) is 3. The molecule has 1 aromatic carbocycles. The molecule has 2 N–H and O–H groups in total. The van der Waals surface area contributed by atoms with E-state index < -0.39 is 0 Å². The van der Waals surface area contributed by atoms with E-state index in [1.54, 1.807) is 0 Å². The highest BCUT2D eigenvalue weighted by atomic mass is 16.5. The maximum atomic E-state index is 5.66. The van der Waals surface area contributed by atoms with Crippen LogP contribution in [0, 0.1) is 0 Å². The largest absolute Gasteiger partial charge is 0.492 e. The number of benzene rings is 1. The zero-order chi connectivity index (χ0) is 11.7. The Balaban J connectivity index is 1.90. The fourth-order valence-electron chi connectivity index (χ4n) is 2.22. The summed E-state index contributed by atoms with van der Waals surface area (Å²) in [6, 6.07) is 8.15. The van der Waals surface area contributed by atoms with Crippen LogP contribution in [-0.2, 0) is 6.54 Å². The van der Waals surface area contributed by atoms with Crippen LogP contribution in [0.1, 0.15) is 23.0 Å². The van der Waals surface area contributed by atoms with Gasteiger partial charge in [0.25, 0.3) is 0 Å². The third-order valence-corrected chi connectivity index (χ3v) is 3.05. The zero-order valence-corrected chi connectivity index (χ0v) is 9.73. The van der Waals surface area contributed by atoms with Gasteiger partial charge in [-0.1, -0.05) is 18.2 Å². The summed E-state index contributed by atoms with van der Waals surface area (Å²) < 4.78 is 5.66. The molecular formula is C13H15N3O. The van der Waals surface area contributed by atoms with Crippen LogP contribution in [-0.4, -0.2) is 23.6 Å². The summed E-state index contributed by atoms with van der Waals surface area (Å²) in [4.78, 5) is 7.78. The lowest BCUT2D eigenvalue weighted by atomic mass is 10.0. The molecule has 3 rings (SSSR count). The van der Waals surface area contributed by atoms with Gasteiger partial charge in [-0.25, -0.2) is 4.98 Å². The third kappa shape index (κ3) is 1.80. The van der Waals surface area contributed by atoms with Crippen molar-refractivity contribution >= 4 is 0 Å². The molecule has 1 atom stereocenters. The fraction of sp³-hybridized carbons (Fsp3) is 0.308. The van der Waals surface area contributed by atoms with Gasteiger partial charge in [-0.3, -0.25) is 0 Å². The van der Waals surface area contributed by atoms with E-state index >= 15 is 0 Å². The molecule has 0 aliphatic carbocycles. The van der Waals surface area contributed by atoms with Crippen molar-refractivity contribution in [3.05, 3.63) is 47.5 Å². The highest BCUT2D eigenvalue weighted by Crippen LogP contribution is 2.36. The van der Waals surface area contributed by atoms with Crippen molar-refractivity contribution < 1.29 is 4.74 Å². The maximum absolute atomic E-state index is 5.66. The number of hydrogen-bond donors (Lipinski definition) is 2. The molecule has 0 amide bonds. The van der Waals surface area contributed by atoms with Gasteiger partial charge in [-0.2, -0.15) is 0 Å². The minimum atomic E-state index is 0.233. The molecule has 0 fully saturated rings. The molecular weight excluding hydrogens is 214 g/mol. The van der Waals surface area contributed by atoms with Crippen molar-refractivity contribution in [2.24, 2.45) is 0 Å². The van der Waals surface area contributed by atoms with Gasteiger partial charge in [0.1, 0.15) is 18.2 Å². The molecule has 1 aliphatic heterocycles. The molecule has 2 aromatic rings. The van der Waals surface area contributed by atoms with Crippen molar-refractivity contribution in [1.29, 1.82) is 0 Å². The Morgan fingerprint density at radius 3 is 3.24 bits per heavy atom. The van der Waals surface area contributed by atoms with E-state index in [0.29, 0.717) is 6.61 Å². The third-order valence-electron chi connectivity index (χ3n) is 3.05. The summed E-state index contributed by atoms with van der Waals surface area (Å²) in [5.74, 6) is 2.20. The second-order valence-electron chi connectivity index (χ2n) is 4.23. The molecule has 0 saturated heterocycles. The maximum Gasteiger partial charge on any atom is 0.123 e. The van der Waals surface area contributed by atoms with Gasteiger partial charge in [0.15, 0.2) is 0 Å². The van der Waals surface area contributed by atoms with E-state index in [4.69, 9.17) is 4.74 Å². The highest BCUT2D eigenvalue weighted by molar-refractivity contribution is 5.42. The minimum absolute atomic E-state index is 0.233. The van der Waals surface area contributed by atoms with Gasteiger partial charge in [-0.15, -0.1) is 0 Å². The molecule has 4 heteroatoms. The van der Waals surface area contributed by atoms with Gasteiger partial charge >= 0.3 is 0 Å². The summed E-state index contributed by atoms with van der Waals surface area (Å²) in [5.41, 5.74) is 2.32. The number of nitrogens with one attached hydrogen (secondary N) is 2. The normalized spacial score (nSPS) is 17.8. The minimum Gasteiger partial charge on any atom is -0.492 e. The van der Waals surface area contributed by atoms with Crippen molar-refractivity contribution in [3.8, 4) is 5.75 Å². The average molecular weight is 229 g/mol. The lowest BCUT2D eigenvalue weighted by Crippen LogP contribution is -2.07. The van der Waals surface area contributed by atoms with Gasteiger partial charge in [0, 0.05) is 24.0 Å². The summed E-state index contributed by atoms with van der Waals surface area (Å²) in [6.45, 7) is 1.48. The molecule has 1 aromatic heterocycles. The van der Waals surface area contributed by atoms with Crippen LogP contribution in [0.2, 0.25) is 0 Å². The van der Waals surface area contributed by atoms with E-state index in [1.165, 1.54) is 5.56 Å². The van der Waals surface area contributed by atoms with Crippen LogP contribution < -0.4 is 10.1 Å². The standard InChI is InChI=1S/C13H15N3O/c1-14-6-9-7-15-13(16-9)11-8-17-12-5-3-2-4-10(11)12/h2-5,7,11,14H,6,8H2,1H3,(H,15,16). The van der Waals surface area contributed by atoms with Gasteiger partial charge in [0.2, 0.25) is 0 Å². The number of rotatable bonds is 3. The first-order chi connectivity index (χ1) is 8.38. The topological polar surface area (TPSA) is 49.9 Å². The zero-order valence-electron chi connectivity index (χ0n) is 9.73. The Labute approximate surface area is 100 Å². The smallest absolute Gasteiger partial charge is 0.123 e. The molecule has 0 bridgehead atoms. The molecule has 1 unspecified atom stereocenters. The quantitative estimate of drug-likeness (QED) is 0.841. The predicted octanol–water partition coefficient (Wildman–Crippen LogP) is 1.65. The van der Waals surface area contributed by atoms with E-state index in [-0.39, 0.29) is 5.92 Å². The Bertz CT molecular complexity index is 521. The summed E-state index contributed by atoms with van der Waals surface area (Å²) in [5, 5.41) is 3.10. The Kier molecular flexibility index (Phi) is 2.57. The van der Waals surface area contributed by atoms with Crippen LogP contribution in [0.5, 0.6) is 5.75 Å². The Morgan fingerprint density at radius 2 is 2.35 bits per heavy atom. The lowest BCUT2D eigenvalue weighted by molar-refractivity contribution is 0.340.